The number of carbonyl (C=O) groups is 1. The van der Waals surface area contributed by atoms with Crippen molar-refractivity contribution in [3.05, 3.63) is 0 Å². The fourth-order valence-electron chi connectivity index (χ4n) is 3.47. The predicted octanol–water partition coefficient (Wildman–Crippen LogP) is 4.91. The normalized spacial score (nSPS) is 37.4. The summed E-state index contributed by atoms with van der Waals surface area (Å²) in [5.74, 6) is 1.34. The number of amides is 1. The van der Waals surface area contributed by atoms with Crippen molar-refractivity contribution in [2.75, 3.05) is 0 Å². The van der Waals surface area contributed by atoms with Gasteiger partial charge in [-0.25, -0.2) is 0 Å². The molecule has 1 saturated carbocycles. The highest BCUT2D eigenvalue weighted by Crippen LogP contribution is 2.43. The van der Waals surface area contributed by atoms with Gasteiger partial charge in [-0.05, 0) is 42.9 Å². The topological polar surface area (TPSA) is 43.1 Å². The molecule has 1 aliphatic rings. The zero-order chi connectivity index (χ0) is 15.4. The Balaban J connectivity index is 2.88. The molecule has 0 aromatic carbocycles. The lowest BCUT2D eigenvalue weighted by Crippen LogP contribution is -2.36. The number of hydrogen-bond donors (Lipinski definition) is 1. The second kappa shape index (κ2) is 6.95. The monoisotopic (exact) mass is 281 g/mol. The predicted molar refractivity (Wildman–Crippen MR) is 86.3 cm³/mol. The molecule has 20 heavy (non-hydrogen) atoms. The van der Waals surface area contributed by atoms with Crippen LogP contribution in [0.3, 0.4) is 0 Å². The van der Waals surface area contributed by atoms with Gasteiger partial charge in [0.1, 0.15) is 0 Å². The molecular formula is C18H35NO. The SMILES string of the molecule is CC1CCCC(C)(C(N)=O)CCC(C)(C(C)C)CCC1. The number of primary amides is 1. The summed E-state index contributed by atoms with van der Waals surface area (Å²) < 4.78 is 0. The molecule has 1 rings (SSSR count). The van der Waals surface area contributed by atoms with Crippen molar-refractivity contribution in [2.45, 2.75) is 86.0 Å². The van der Waals surface area contributed by atoms with E-state index in [0.29, 0.717) is 11.3 Å². The van der Waals surface area contributed by atoms with Crippen LogP contribution in [-0.2, 0) is 4.79 Å². The molecule has 0 heterocycles. The summed E-state index contributed by atoms with van der Waals surface area (Å²) in [6.07, 6.45) is 9.34. The minimum absolute atomic E-state index is 0.101. The summed E-state index contributed by atoms with van der Waals surface area (Å²) in [5.41, 5.74) is 5.75. The lowest BCUT2D eigenvalue weighted by molar-refractivity contribution is -0.128. The number of carbonyl (C=O) groups excluding carboxylic acids is 1. The summed E-state index contributed by atoms with van der Waals surface area (Å²) >= 11 is 0. The first-order chi connectivity index (χ1) is 9.19. The van der Waals surface area contributed by atoms with Crippen LogP contribution in [-0.4, -0.2) is 5.91 Å². The first kappa shape index (κ1) is 17.5. The molecule has 0 spiro atoms. The minimum Gasteiger partial charge on any atom is -0.369 e. The summed E-state index contributed by atoms with van der Waals surface area (Å²) in [6, 6.07) is 0. The van der Waals surface area contributed by atoms with Crippen molar-refractivity contribution < 1.29 is 4.79 Å². The van der Waals surface area contributed by atoms with Gasteiger partial charge in [0, 0.05) is 5.41 Å². The first-order valence-corrected chi connectivity index (χ1v) is 8.49. The van der Waals surface area contributed by atoms with E-state index >= 15 is 0 Å². The van der Waals surface area contributed by atoms with E-state index in [1.54, 1.807) is 0 Å². The van der Waals surface area contributed by atoms with E-state index in [-0.39, 0.29) is 11.3 Å². The maximum atomic E-state index is 11.9. The molecule has 0 aromatic heterocycles. The molecule has 1 fully saturated rings. The minimum atomic E-state index is -0.305. The van der Waals surface area contributed by atoms with Gasteiger partial charge in [0.05, 0.1) is 0 Å². The number of nitrogens with two attached hydrogens (primary N) is 1. The average molecular weight is 281 g/mol. The van der Waals surface area contributed by atoms with Crippen LogP contribution in [0.2, 0.25) is 0 Å². The standard InChI is InChI=1S/C18H35NO/c1-14(2)17(4)10-6-8-15(3)9-7-11-18(5,13-12-17)16(19)20/h14-15H,6-13H2,1-5H3,(H2,19,20). The molecule has 0 aromatic rings. The van der Waals surface area contributed by atoms with E-state index < -0.39 is 0 Å². The number of rotatable bonds is 2. The van der Waals surface area contributed by atoms with Crippen molar-refractivity contribution >= 4 is 5.91 Å². The zero-order valence-electron chi connectivity index (χ0n) is 14.3. The summed E-state index contributed by atoms with van der Waals surface area (Å²) in [5, 5.41) is 0. The Morgan fingerprint density at radius 2 is 1.60 bits per heavy atom. The van der Waals surface area contributed by atoms with Gasteiger partial charge in [0.15, 0.2) is 0 Å². The van der Waals surface area contributed by atoms with E-state index in [2.05, 4.69) is 34.6 Å². The molecule has 2 heteroatoms. The molecule has 0 saturated heterocycles. The molecule has 1 amide bonds. The van der Waals surface area contributed by atoms with Gasteiger partial charge < -0.3 is 5.73 Å². The Hall–Kier alpha value is -0.530. The van der Waals surface area contributed by atoms with Gasteiger partial charge in [-0.2, -0.15) is 0 Å². The van der Waals surface area contributed by atoms with Crippen LogP contribution in [0.15, 0.2) is 0 Å². The molecule has 1 aliphatic carbocycles. The second-order valence-electron chi connectivity index (χ2n) is 8.12. The van der Waals surface area contributed by atoms with Crippen LogP contribution in [0.4, 0.5) is 0 Å². The van der Waals surface area contributed by atoms with Gasteiger partial charge in [-0.3, -0.25) is 4.79 Å². The van der Waals surface area contributed by atoms with E-state index in [4.69, 9.17) is 5.73 Å². The smallest absolute Gasteiger partial charge is 0.223 e. The maximum Gasteiger partial charge on any atom is 0.223 e. The molecule has 0 radical (unpaired) electrons. The lowest BCUT2D eigenvalue weighted by atomic mass is 9.68. The molecule has 3 atom stereocenters. The molecule has 2 N–H and O–H groups in total. The molecule has 2 nitrogen and oxygen atoms in total. The van der Waals surface area contributed by atoms with E-state index in [1.807, 2.05) is 0 Å². The molecule has 118 valence electrons. The van der Waals surface area contributed by atoms with Gasteiger partial charge in [-0.15, -0.1) is 0 Å². The Bertz CT molecular complexity index is 325. The van der Waals surface area contributed by atoms with Crippen LogP contribution in [0.1, 0.15) is 86.0 Å². The Morgan fingerprint density at radius 3 is 2.10 bits per heavy atom. The summed E-state index contributed by atoms with van der Waals surface area (Å²) in [4.78, 5) is 11.9. The Kier molecular flexibility index (Phi) is 6.09. The molecule has 0 aliphatic heterocycles. The van der Waals surface area contributed by atoms with Gasteiger partial charge in [0.2, 0.25) is 5.91 Å². The van der Waals surface area contributed by atoms with Crippen molar-refractivity contribution in [1.29, 1.82) is 0 Å². The van der Waals surface area contributed by atoms with Crippen LogP contribution in [0.5, 0.6) is 0 Å². The van der Waals surface area contributed by atoms with Crippen molar-refractivity contribution in [1.82, 2.24) is 0 Å². The van der Waals surface area contributed by atoms with Gasteiger partial charge >= 0.3 is 0 Å². The Morgan fingerprint density at radius 1 is 1.05 bits per heavy atom. The summed E-state index contributed by atoms with van der Waals surface area (Å²) in [7, 11) is 0. The molecule has 3 unspecified atom stereocenters. The highest BCUT2D eigenvalue weighted by atomic mass is 16.1. The average Bonchev–Trinajstić information content (AvgIpc) is 2.37. The van der Waals surface area contributed by atoms with E-state index in [0.717, 1.165) is 31.6 Å². The lowest BCUT2D eigenvalue weighted by Gasteiger charge is -2.37. The fraction of sp³-hybridized carbons (Fsp3) is 0.944. The third-order valence-electron chi connectivity index (χ3n) is 6.11. The van der Waals surface area contributed by atoms with Crippen LogP contribution < -0.4 is 5.73 Å². The third kappa shape index (κ3) is 4.49. The quantitative estimate of drug-likeness (QED) is 0.767. The van der Waals surface area contributed by atoms with Crippen molar-refractivity contribution in [3.8, 4) is 0 Å². The van der Waals surface area contributed by atoms with Crippen molar-refractivity contribution in [3.63, 3.8) is 0 Å². The highest BCUT2D eigenvalue weighted by molar-refractivity contribution is 5.80. The summed E-state index contributed by atoms with van der Waals surface area (Å²) in [6.45, 7) is 11.5. The van der Waals surface area contributed by atoms with Gasteiger partial charge in [-0.1, -0.05) is 60.3 Å². The molecule has 0 bridgehead atoms. The fourth-order valence-corrected chi connectivity index (χ4v) is 3.47. The first-order valence-electron chi connectivity index (χ1n) is 8.49. The Labute approximate surface area is 125 Å². The largest absolute Gasteiger partial charge is 0.369 e. The van der Waals surface area contributed by atoms with Gasteiger partial charge in [0.25, 0.3) is 0 Å². The van der Waals surface area contributed by atoms with Crippen LogP contribution in [0, 0.1) is 22.7 Å². The van der Waals surface area contributed by atoms with Crippen LogP contribution >= 0.6 is 0 Å². The van der Waals surface area contributed by atoms with Crippen LogP contribution in [0.25, 0.3) is 0 Å². The van der Waals surface area contributed by atoms with Crippen molar-refractivity contribution in [2.24, 2.45) is 28.4 Å². The third-order valence-corrected chi connectivity index (χ3v) is 6.11. The maximum absolute atomic E-state index is 11.9. The number of hydrogen-bond acceptors (Lipinski definition) is 1. The zero-order valence-corrected chi connectivity index (χ0v) is 14.3. The highest BCUT2D eigenvalue weighted by Gasteiger charge is 2.36. The second-order valence-corrected chi connectivity index (χ2v) is 8.12. The molecular weight excluding hydrogens is 246 g/mol. The van der Waals surface area contributed by atoms with E-state index in [9.17, 15) is 4.79 Å². The van der Waals surface area contributed by atoms with E-state index in [1.165, 1.54) is 25.7 Å².